The van der Waals surface area contributed by atoms with Crippen LogP contribution in [0.25, 0.3) is 10.4 Å². The highest BCUT2D eigenvalue weighted by atomic mass is 15.6. The van der Waals surface area contributed by atoms with E-state index in [1.54, 1.807) is 0 Å². The van der Waals surface area contributed by atoms with Gasteiger partial charge in [0.1, 0.15) is 10.4 Å². The second-order valence-corrected chi connectivity index (χ2v) is 0.742. The Morgan fingerprint density at radius 1 is 1.00 bits per heavy atom. The molecule has 0 saturated heterocycles. The van der Waals surface area contributed by atoms with Crippen LogP contribution in [-0.2, 0) is 0 Å². The van der Waals surface area contributed by atoms with Crippen LogP contribution in [0.15, 0.2) is 36.6 Å². The van der Waals surface area contributed by atoms with Crippen molar-refractivity contribution < 1.29 is 0 Å². The van der Waals surface area contributed by atoms with E-state index in [1.165, 1.54) is 0 Å². The zero-order valence-electron chi connectivity index (χ0n) is 4.60. The molecule has 0 saturated carbocycles. The van der Waals surface area contributed by atoms with Crippen molar-refractivity contribution in [3.8, 4) is 0 Å². The van der Waals surface area contributed by atoms with E-state index < -0.39 is 0 Å². The smallest absolute Gasteiger partial charge is 0.124 e. The zero-order chi connectivity index (χ0) is 7.66. The average Bonchev–Trinajstić information content (AvgIpc) is 1.97. The van der Waals surface area contributed by atoms with Gasteiger partial charge in [0, 0.05) is 10.4 Å². The molecule has 0 aromatic heterocycles. The molecular weight excluding hydrogens is 140 g/mol. The third-order valence-electron chi connectivity index (χ3n) is 0.292. The lowest BCUT2D eigenvalue weighted by Crippen LogP contribution is -1.70. The summed E-state index contributed by atoms with van der Waals surface area (Å²) in [6, 6.07) is 0. The van der Waals surface area contributed by atoms with Gasteiger partial charge in [0.05, 0.1) is 5.22 Å². The SMILES string of the molecule is [N-]=[N+]=N/N=N/N=N/N=N/N. The highest BCUT2D eigenvalue weighted by molar-refractivity contribution is 4.31. The largest absolute Gasteiger partial charge is 0.303 e. The van der Waals surface area contributed by atoms with Gasteiger partial charge in [0.2, 0.25) is 0 Å². The van der Waals surface area contributed by atoms with E-state index in [0.717, 1.165) is 0 Å². The number of rotatable bonds is 3. The molecule has 2 N–H and O–H groups in total. The molecule has 0 aliphatic carbocycles. The first-order valence-corrected chi connectivity index (χ1v) is 1.86. The highest BCUT2D eigenvalue weighted by Crippen LogP contribution is 1.81. The van der Waals surface area contributed by atoms with E-state index in [9.17, 15) is 0 Å². The molecule has 10 heavy (non-hydrogen) atoms. The summed E-state index contributed by atoms with van der Waals surface area (Å²) in [5.41, 5.74) is 7.64. The van der Waals surface area contributed by atoms with Crippen LogP contribution in [0.3, 0.4) is 0 Å². The molecule has 0 aromatic rings. The summed E-state index contributed by atoms with van der Waals surface area (Å²) in [7, 11) is 0. The highest BCUT2D eigenvalue weighted by Gasteiger charge is 1.68. The lowest BCUT2D eigenvalue weighted by atomic mass is 12.4. The Morgan fingerprint density at radius 2 is 1.60 bits per heavy atom. The lowest BCUT2D eigenvalue weighted by Gasteiger charge is -1.62. The molecule has 0 rings (SSSR count). The van der Waals surface area contributed by atoms with Crippen LogP contribution in [0.5, 0.6) is 0 Å². The van der Waals surface area contributed by atoms with E-state index in [0.29, 0.717) is 0 Å². The molecule has 0 aliphatic heterocycles. The molecular formula is H2N10. The molecule has 0 fully saturated rings. The van der Waals surface area contributed by atoms with Gasteiger partial charge in [0.25, 0.3) is 0 Å². The van der Waals surface area contributed by atoms with E-state index in [-0.39, 0.29) is 0 Å². The monoisotopic (exact) mass is 142 g/mol. The first-order chi connectivity index (χ1) is 4.91. The second-order valence-electron chi connectivity index (χ2n) is 0.742. The van der Waals surface area contributed by atoms with Crippen LogP contribution in [0.2, 0.25) is 0 Å². The van der Waals surface area contributed by atoms with Gasteiger partial charge in [-0.15, -0.1) is 5.53 Å². The van der Waals surface area contributed by atoms with Crippen LogP contribution >= 0.6 is 0 Å². The Hall–Kier alpha value is -2.09. The van der Waals surface area contributed by atoms with Gasteiger partial charge in [-0.2, -0.15) is 4.91 Å². The molecule has 10 nitrogen and oxygen atoms in total. The molecule has 0 aromatic carbocycles. The van der Waals surface area contributed by atoms with Gasteiger partial charge in [-0.3, -0.25) is 0 Å². The van der Waals surface area contributed by atoms with Crippen molar-refractivity contribution in [2.24, 2.45) is 42.4 Å². The summed E-state index contributed by atoms with van der Waals surface area (Å²) in [6.45, 7) is 0. The number of nitrogens with zero attached hydrogens (tertiary/aromatic N) is 9. The van der Waals surface area contributed by atoms with Crippen LogP contribution in [-0.4, -0.2) is 0 Å². The third-order valence-corrected chi connectivity index (χ3v) is 0.292. The van der Waals surface area contributed by atoms with Crippen molar-refractivity contribution in [1.29, 1.82) is 0 Å². The van der Waals surface area contributed by atoms with Gasteiger partial charge < -0.3 is 5.84 Å². The first-order valence-electron chi connectivity index (χ1n) is 1.86. The van der Waals surface area contributed by atoms with Crippen LogP contribution in [0, 0.1) is 0 Å². The van der Waals surface area contributed by atoms with E-state index in [1.807, 2.05) is 0 Å². The molecule has 0 heterocycles. The lowest BCUT2D eigenvalue weighted by molar-refractivity contribution is 0.803. The molecule has 0 aliphatic rings. The summed E-state index contributed by atoms with van der Waals surface area (Å²) >= 11 is 0. The van der Waals surface area contributed by atoms with Gasteiger partial charge >= 0.3 is 0 Å². The number of azide groups is 1. The van der Waals surface area contributed by atoms with E-state index >= 15 is 0 Å². The predicted molar refractivity (Wildman–Crippen MR) is 27.9 cm³/mol. The quantitative estimate of drug-likeness (QED) is 0.204. The minimum atomic E-state index is 2.24. The van der Waals surface area contributed by atoms with Crippen molar-refractivity contribution in [2.45, 2.75) is 0 Å². The van der Waals surface area contributed by atoms with Gasteiger partial charge in [0.15, 0.2) is 0 Å². The van der Waals surface area contributed by atoms with Crippen molar-refractivity contribution in [1.82, 2.24) is 0 Å². The second kappa shape index (κ2) is 6.91. The minimum Gasteiger partial charge on any atom is -0.303 e. The fourth-order valence-electron chi connectivity index (χ4n) is 0.113. The Balaban J connectivity index is 3.61. The van der Waals surface area contributed by atoms with Gasteiger partial charge in [-0.1, -0.05) is 5.22 Å². The molecule has 0 unspecified atom stereocenters. The Morgan fingerprint density at radius 3 is 2.20 bits per heavy atom. The molecule has 10 heteroatoms. The summed E-state index contributed by atoms with van der Waals surface area (Å²) in [6.07, 6.45) is 0. The molecule has 0 spiro atoms. The maximum Gasteiger partial charge on any atom is 0.124 e. The molecule has 0 atom stereocenters. The molecule has 52 valence electrons. The Bertz CT molecular complexity index is 186. The normalized spacial score (nSPS) is 11.2. The first kappa shape index (κ1) is 7.91. The third kappa shape index (κ3) is 5.91. The molecule has 0 radical (unpaired) electrons. The number of hydrogen-bond acceptors (Lipinski definition) is 1. The van der Waals surface area contributed by atoms with Gasteiger partial charge in [-0.25, -0.2) is 0 Å². The Kier molecular flexibility index (Phi) is 5.47. The van der Waals surface area contributed by atoms with Crippen LogP contribution < -0.4 is 5.84 Å². The number of hydrogen-bond donors (Lipinski definition) is 1. The maximum absolute atomic E-state index is 7.64. The van der Waals surface area contributed by atoms with Gasteiger partial charge in [-0.05, 0) is 5.22 Å². The van der Waals surface area contributed by atoms with Crippen molar-refractivity contribution in [3.05, 3.63) is 10.4 Å². The summed E-state index contributed by atoms with van der Waals surface area (Å²) in [5.74, 6) is 4.52. The topological polar surface area (TPSA) is 149 Å². The van der Waals surface area contributed by atoms with Crippen molar-refractivity contribution >= 4 is 0 Å². The predicted octanol–water partition coefficient (Wildman–Crippen LogP) is 1.27. The number of nitrogens with two attached hydrogens (primary N) is 1. The molecule has 0 amide bonds. The summed E-state index contributed by atoms with van der Waals surface area (Å²) in [4.78, 5) is 2.24. The van der Waals surface area contributed by atoms with Crippen LogP contribution in [0.4, 0.5) is 0 Å². The van der Waals surface area contributed by atoms with Crippen molar-refractivity contribution in [3.63, 3.8) is 0 Å². The van der Waals surface area contributed by atoms with Crippen molar-refractivity contribution in [2.75, 3.05) is 0 Å². The Labute approximate surface area is 54.1 Å². The maximum atomic E-state index is 7.64. The fourth-order valence-corrected chi connectivity index (χ4v) is 0.113. The molecule has 0 bridgehead atoms. The van der Waals surface area contributed by atoms with E-state index in [2.05, 4.69) is 47.3 Å². The summed E-state index contributed by atoms with van der Waals surface area (Å²) < 4.78 is 0. The van der Waals surface area contributed by atoms with Crippen LogP contribution in [0.1, 0.15) is 0 Å². The standard InChI is InChI=1S/H2N10/c1-3-5-7-9-10-8-6-4-2/h(H2,1,5,8,9). The minimum absolute atomic E-state index is 2.24. The summed E-state index contributed by atoms with van der Waals surface area (Å²) in [5, 5.41) is 19.6. The average molecular weight is 142 g/mol. The fraction of sp³-hybridized carbons (Fsp3) is 0. The van der Waals surface area contributed by atoms with E-state index in [4.69, 9.17) is 5.53 Å². The zero-order valence-corrected chi connectivity index (χ0v) is 4.60.